The van der Waals surface area contributed by atoms with Gasteiger partial charge in [0.25, 0.3) is 5.91 Å². The van der Waals surface area contributed by atoms with Gasteiger partial charge in [0.05, 0.1) is 22.7 Å². The Labute approximate surface area is 187 Å². The lowest BCUT2D eigenvalue weighted by atomic mass is 10.1. The summed E-state index contributed by atoms with van der Waals surface area (Å²) < 4.78 is 44.1. The zero-order valence-corrected chi connectivity index (χ0v) is 17.7. The number of halogens is 4. The van der Waals surface area contributed by atoms with Crippen molar-refractivity contribution in [2.24, 2.45) is 0 Å². The van der Waals surface area contributed by atoms with E-state index < -0.39 is 11.7 Å². The predicted molar refractivity (Wildman–Crippen MR) is 112 cm³/mol. The first-order valence-electron chi connectivity index (χ1n) is 10.1. The number of hydrogen-bond donors (Lipinski definition) is 0. The van der Waals surface area contributed by atoms with Crippen LogP contribution >= 0.6 is 11.6 Å². The summed E-state index contributed by atoms with van der Waals surface area (Å²) in [5.74, 6) is 0.307. The molecule has 1 amide bonds. The number of alkyl halides is 3. The highest BCUT2D eigenvalue weighted by Crippen LogP contribution is 2.31. The minimum Gasteiger partial charge on any atom is -0.338 e. The third kappa shape index (κ3) is 5.11. The van der Waals surface area contributed by atoms with Gasteiger partial charge >= 0.3 is 6.18 Å². The number of carbonyl (C=O) groups excluding carboxylic acids is 1. The largest absolute Gasteiger partial charge is 0.416 e. The molecule has 168 valence electrons. The topological polar surface area (TPSA) is 62.5 Å². The van der Waals surface area contributed by atoms with E-state index in [0.717, 1.165) is 18.6 Å². The van der Waals surface area contributed by atoms with Crippen LogP contribution in [0.15, 0.2) is 53.1 Å². The van der Waals surface area contributed by atoms with Gasteiger partial charge in [0.15, 0.2) is 0 Å². The summed E-state index contributed by atoms with van der Waals surface area (Å²) in [5, 5.41) is 4.25. The minimum absolute atomic E-state index is 0.108. The molecule has 1 aliphatic heterocycles. The Morgan fingerprint density at radius 3 is 2.66 bits per heavy atom. The zero-order chi connectivity index (χ0) is 22.7. The smallest absolute Gasteiger partial charge is 0.338 e. The summed E-state index contributed by atoms with van der Waals surface area (Å²) in [6.07, 6.45) is -3.69. The van der Waals surface area contributed by atoms with Crippen molar-refractivity contribution in [3.63, 3.8) is 0 Å². The van der Waals surface area contributed by atoms with Gasteiger partial charge in [-0.15, -0.1) is 0 Å². The molecule has 0 aliphatic carbocycles. The van der Waals surface area contributed by atoms with Crippen molar-refractivity contribution >= 4 is 17.5 Å². The van der Waals surface area contributed by atoms with Gasteiger partial charge in [-0.2, -0.15) is 18.2 Å². The van der Waals surface area contributed by atoms with Crippen molar-refractivity contribution in [3.05, 3.63) is 70.6 Å². The van der Waals surface area contributed by atoms with Gasteiger partial charge in [0.2, 0.25) is 11.7 Å². The van der Waals surface area contributed by atoms with E-state index in [-0.39, 0.29) is 17.3 Å². The van der Waals surface area contributed by atoms with E-state index >= 15 is 0 Å². The van der Waals surface area contributed by atoms with Crippen molar-refractivity contribution < 1.29 is 22.5 Å². The normalized spacial score (nSPS) is 15.6. The lowest BCUT2D eigenvalue weighted by Crippen LogP contribution is -2.35. The second-order valence-corrected chi connectivity index (χ2v) is 7.90. The zero-order valence-electron chi connectivity index (χ0n) is 17.0. The Morgan fingerprint density at radius 2 is 1.88 bits per heavy atom. The fourth-order valence-electron chi connectivity index (χ4n) is 3.60. The lowest BCUT2D eigenvalue weighted by molar-refractivity contribution is -0.137. The van der Waals surface area contributed by atoms with Crippen LogP contribution in [0.4, 0.5) is 13.2 Å². The Balaban J connectivity index is 1.39. The van der Waals surface area contributed by atoms with Crippen molar-refractivity contribution in [2.75, 3.05) is 26.2 Å². The molecule has 0 spiro atoms. The van der Waals surface area contributed by atoms with Crippen molar-refractivity contribution in [3.8, 4) is 11.4 Å². The SMILES string of the molecule is O=C(c1ccccc1Cl)N1CCCN(Cc2nc(-c3cccc(C(F)(F)F)c3)no2)CC1. The molecule has 10 heteroatoms. The molecule has 1 aromatic heterocycles. The quantitative estimate of drug-likeness (QED) is 0.557. The van der Waals surface area contributed by atoms with Crippen molar-refractivity contribution in [1.82, 2.24) is 19.9 Å². The number of nitrogens with zero attached hydrogens (tertiary/aromatic N) is 4. The first-order chi connectivity index (χ1) is 15.3. The van der Waals surface area contributed by atoms with E-state index in [1.165, 1.54) is 12.1 Å². The Hall–Kier alpha value is -2.91. The lowest BCUT2D eigenvalue weighted by Gasteiger charge is -2.21. The Kier molecular flexibility index (Phi) is 6.48. The van der Waals surface area contributed by atoms with Gasteiger partial charge < -0.3 is 9.42 Å². The van der Waals surface area contributed by atoms with Gasteiger partial charge in [-0.05, 0) is 30.7 Å². The van der Waals surface area contributed by atoms with E-state index in [2.05, 4.69) is 15.0 Å². The van der Waals surface area contributed by atoms with Crippen LogP contribution < -0.4 is 0 Å². The molecule has 0 saturated carbocycles. The molecule has 2 heterocycles. The van der Waals surface area contributed by atoms with Crippen LogP contribution in [0, 0.1) is 0 Å². The third-order valence-corrected chi connectivity index (χ3v) is 5.58. The average molecular weight is 465 g/mol. The van der Waals surface area contributed by atoms with E-state index in [4.69, 9.17) is 16.1 Å². The molecule has 3 aromatic rings. The molecule has 1 fully saturated rings. The second-order valence-electron chi connectivity index (χ2n) is 7.49. The van der Waals surface area contributed by atoms with Gasteiger partial charge in [-0.25, -0.2) is 0 Å². The highest BCUT2D eigenvalue weighted by molar-refractivity contribution is 6.33. The van der Waals surface area contributed by atoms with Gasteiger partial charge in [0.1, 0.15) is 0 Å². The molecular formula is C22H20ClF3N4O2. The second kappa shape index (κ2) is 9.30. The summed E-state index contributed by atoms with van der Waals surface area (Å²) in [6, 6.07) is 11.8. The summed E-state index contributed by atoms with van der Waals surface area (Å²) in [6.45, 7) is 2.77. The maximum Gasteiger partial charge on any atom is 0.416 e. The molecular weight excluding hydrogens is 445 g/mol. The van der Waals surface area contributed by atoms with E-state index in [0.29, 0.717) is 49.2 Å². The highest BCUT2D eigenvalue weighted by atomic mass is 35.5. The number of benzene rings is 2. The Morgan fingerprint density at radius 1 is 1.06 bits per heavy atom. The summed E-state index contributed by atoms with van der Waals surface area (Å²) in [7, 11) is 0. The first-order valence-corrected chi connectivity index (χ1v) is 10.5. The van der Waals surface area contributed by atoms with Crippen LogP contribution in [0.5, 0.6) is 0 Å². The third-order valence-electron chi connectivity index (χ3n) is 5.26. The van der Waals surface area contributed by atoms with E-state index in [1.807, 2.05) is 0 Å². The number of rotatable bonds is 4. The maximum atomic E-state index is 12.9. The fourth-order valence-corrected chi connectivity index (χ4v) is 3.82. The number of hydrogen-bond acceptors (Lipinski definition) is 5. The molecule has 0 unspecified atom stereocenters. The van der Waals surface area contributed by atoms with E-state index in [1.54, 1.807) is 29.2 Å². The van der Waals surface area contributed by atoms with Gasteiger partial charge in [-0.3, -0.25) is 9.69 Å². The predicted octanol–water partition coefficient (Wildman–Crippen LogP) is 4.76. The van der Waals surface area contributed by atoms with Crippen LogP contribution in [0.25, 0.3) is 11.4 Å². The van der Waals surface area contributed by atoms with Crippen LogP contribution in [0.2, 0.25) is 5.02 Å². The summed E-state index contributed by atoms with van der Waals surface area (Å²) in [5.41, 5.74) is -0.0513. The molecule has 32 heavy (non-hydrogen) atoms. The van der Waals surface area contributed by atoms with Crippen molar-refractivity contribution in [2.45, 2.75) is 19.1 Å². The van der Waals surface area contributed by atoms with Gasteiger partial charge in [0, 0.05) is 31.7 Å². The molecule has 0 atom stereocenters. The van der Waals surface area contributed by atoms with Gasteiger partial charge in [-0.1, -0.05) is 41.0 Å². The van der Waals surface area contributed by atoms with Crippen LogP contribution in [-0.2, 0) is 12.7 Å². The average Bonchev–Trinajstić information content (AvgIpc) is 3.11. The van der Waals surface area contributed by atoms with Crippen molar-refractivity contribution in [1.29, 1.82) is 0 Å². The van der Waals surface area contributed by atoms with Crippen LogP contribution in [0.3, 0.4) is 0 Å². The summed E-state index contributed by atoms with van der Waals surface area (Å²) >= 11 is 6.15. The molecule has 2 aromatic carbocycles. The highest BCUT2D eigenvalue weighted by Gasteiger charge is 2.31. The summed E-state index contributed by atoms with van der Waals surface area (Å²) in [4.78, 5) is 20.9. The number of amides is 1. The minimum atomic E-state index is -4.44. The number of aromatic nitrogens is 2. The molecule has 0 N–H and O–H groups in total. The Bertz CT molecular complexity index is 1100. The molecule has 0 radical (unpaired) electrons. The molecule has 0 bridgehead atoms. The standard InChI is InChI=1S/C22H20ClF3N4O2/c23-18-8-2-1-7-17(18)21(31)30-10-4-9-29(11-12-30)14-19-27-20(28-32-19)15-5-3-6-16(13-15)22(24,25)26/h1-3,5-8,13H,4,9-12,14H2. The van der Waals surface area contributed by atoms with E-state index in [9.17, 15) is 18.0 Å². The molecule has 1 saturated heterocycles. The fraction of sp³-hybridized carbons (Fsp3) is 0.318. The first kappa shape index (κ1) is 22.3. The molecule has 1 aliphatic rings. The monoisotopic (exact) mass is 464 g/mol. The van der Waals surface area contributed by atoms with Crippen LogP contribution in [-0.4, -0.2) is 52.0 Å². The molecule has 6 nitrogen and oxygen atoms in total. The van der Waals surface area contributed by atoms with Crippen LogP contribution in [0.1, 0.15) is 28.2 Å². The number of carbonyl (C=O) groups is 1. The molecule has 4 rings (SSSR count). The maximum absolute atomic E-state index is 12.9.